The van der Waals surface area contributed by atoms with E-state index in [1.54, 1.807) is 0 Å². The first-order chi connectivity index (χ1) is 9.24. The lowest BCUT2D eigenvalue weighted by Crippen LogP contribution is -2.23. The van der Waals surface area contributed by atoms with Crippen LogP contribution in [0.15, 0.2) is 18.2 Å². The van der Waals surface area contributed by atoms with Crippen LogP contribution in [-0.2, 0) is 5.54 Å². The number of nitrogens with zero attached hydrogens (tertiary/aromatic N) is 2. The molecule has 2 aromatic rings. The lowest BCUT2D eigenvalue weighted by molar-refractivity contribution is 0.112. The largest absolute Gasteiger partial charge is 0.298 e. The Morgan fingerprint density at radius 2 is 1.75 bits per heavy atom. The van der Waals surface area contributed by atoms with Gasteiger partial charge in [0.25, 0.3) is 0 Å². The van der Waals surface area contributed by atoms with Crippen molar-refractivity contribution >= 4 is 17.9 Å². The van der Waals surface area contributed by atoms with Gasteiger partial charge in [0.1, 0.15) is 22.5 Å². The fourth-order valence-corrected chi connectivity index (χ4v) is 2.29. The Balaban J connectivity index is 2.71. The molecule has 0 N–H and O–H groups in total. The molecule has 20 heavy (non-hydrogen) atoms. The molecular weight excluding hydrogens is 286 g/mol. The zero-order chi connectivity index (χ0) is 15.1. The van der Waals surface area contributed by atoms with Crippen LogP contribution in [0.5, 0.6) is 0 Å². The molecule has 3 nitrogen and oxygen atoms in total. The summed E-state index contributed by atoms with van der Waals surface area (Å²) in [4.78, 5) is 11.2. The van der Waals surface area contributed by atoms with Crippen LogP contribution < -0.4 is 0 Å². The number of aromatic nitrogens is 2. The van der Waals surface area contributed by atoms with Crippen molar-refractivity contribution in [2.24, 2.45) is 0 Å². The fraction of sp³-hybridized carbons (Fsp3) is 0.286. The summed E-state index contributed by atoms with van der Waals surface area (Å²) in [5, 5.41) is 4.37. The normalized spacial score (nSPS) is 11.7. The van der Waals surface area contributed by atoms with E-state index in [1.165, 1.54) is 4.68 Å². The SMILES string of the molecule is CC(C)(C)n1nc(-c2cc(F)cc(F)c2)c(C=O)c1Cl. The van der Waals surface area contributed by atoms with E-state index in [-0.39, 0.29) is 22.0 Å². The Bertz CT molecular complexity index is 654. The summed E-state index contributed by atoms with van der Waals surface area (Å²) in [6, 6.07) is 2.98. The molecule has 0 radical (unpaired) electrons. The Morgan fingerprint density at radius 3 is 2.20 bits per heavy atom. The molecule has 0 aliphatic rings. The van der Waals surface area contributed by atoms with Crippen LogP contribution in [0.2, 0.25) is 5.15 Å². The molecule has 0 aliphatic carbocycles. The molecule has 1 aromatic heterocycles. The summed E-state index contributed by atoms with van der Waals surface area (Å²) in [6.45, 7) is 5.57. The van der Waals surface area contributed by atoms with Crippen molar-refractivity contribution in [2.75, 3.05) is 0 Å². The van der Waals surface area contributed by atoms with Gasteiger partial charge in [0, 0.05) is 11.6 Å². The van der Waals surface area contributed by atoms with Gasteiger partial charge in [-0.25, -0.2) is 13.5 Å². The summed E-state index contributed by atoms with van der Waals surface area (Å²) in [5.41, 5.74) is -0.00157. The first-order valence-electron chi connectivity index (χ1n) is 5.94. The number of benzene rings is 1. The van der Waals surface area contributed by atoms with Gasteiger partial charge in [-0.1, -0.05) is 11.6 Å². The van der Waals surface area contributed by atoms with Crippen molar-refractivity contribution < 1.29 is 13.6 Å². The lowest BCUT2D eigenvalue weighted by Gasteiger charge is -2.20. The van der Waals surface area contributed by atoms with Crippen molar-refractivity contribution in [3.8, 4) is 11.3 Å². The molecule has 0 saturated carbocycles. The highest BCUT2D eigenvalue weighted by atomic mass is 35.5. The Labute approximate surface area is 120 Å². The number of carbonyl (C=O) groups is 1. The van der Waals surface area contributed by atoms with Crippen LogP contribution >= 0.6 is 11.6 Å². The number of hydrogen-bond donors (Lipinski definition) is 0. The van der Waals surface area contributed by atoms with Gasteiger partial charge in [0.15, 0.2) is 6.29 Å². The predicted molar refractivity (Wildman–Crippen MR) is 73.0 cm³/mol. The highest BCUT2D eigenvalue weighted by molar-refractivity contribution is 6.32. The first-order valence-corrected chi connectivity index (χ1v) is 6.32. The molecule has 1 heterocycles. The van der Waals surface area contributed by atoms with E-state index in [2.05, 4.69) is 5.10 Å². The van der Waals surface area contributed by atoms with Crippen molar-refractivity contribution in [3.63, 3.8) is 0 Å². The van der Waals surface area contributed by atoms with Crippen LogP contribution in [0.1, 0.15) is 31.1 Å². The monoisotopic (exact) mass is 298 g/mol. The van der Waals surface area contributed by atoms with Gasteiger partial charge in [-0.3, -0.25) is 4.79 Å². The zero-order valence-corrected chi connectivity index (χ0v) is 12.0. The average molecular weight is 299 g/mol. The molecule has 0 aliphatic heterocycles. The maximum absolute atomic E-state index is 13.3. The minimum Gasteiger partial charge on any atom is -0.298 e. The second kappa shape index (κ2) is 4.98. The Kier molecular flexibility index (Phi) is 3.65. The molecule has 0 spiro atoms. The van der Waals surface area contributed by atoms with Crippen molar-refractivity contribution in [2.45, 2.75) is 26.3 Å². The molecule has 0 atom stereocenters. The van der Waals surface area contributed by atoms with Gasteiger partial charge in [0.05, 0.1) is 11.1 Å². The van der Waals surface area contributed by atoms with E-state index in [4.69, 9.17) is 11.6 Å². The molecule has 2 rings (SSSR count). The highest BCUT2D eigenvalue weighted by Crippen LogP contribution is 2.31. The van der Waals surface area contributed by atoms with Gasteiger partial charge in [-0.05, 0) is 32.9 Å². The van der Waals surface area contributed by atoms with E-state index in [0.717, 1.165) is 18.2 Å². The first kappa shape index (κ1) is 14.7. The third-order valence-corrected chi connectivity index (χ3v) is 3.12. The van der Waals surface area contributed by atoms with Crippen molar-refractivity contribution in [1.29, 1.82) is 0 Å². The Hall–Kier alpha value is -1.75. The summed E-state index contributed by atoms with van der Waals surface area (Å²) in [6.07, 6.45) is 0.537. The van der Waals surface area contributed by atoms with E-state index in [0.29, 0.717) is 6.29 Å². The maximum Gasteiger partial charge on any atom is 0.155 e. The van der Waals surface area contributed by atoms with Gasteiger partial charge < -0.3 is 0 Å². The van der Waals surface area contributed by atoms with Crippen LogP contribution in [0.4, 0.5) is 8.78 Å². The van der Waals surface area contributed by atoms with Crippen LogP contribution in [0.25, 0.3) is 11.3 Å². The van der Waals surface area contributed by atoms with Gasteiger partial charge in [-0.2, -0.15) is 5.10 Å². The Morgan fingerprint density at radius 1 is 1.20 bits per heavy atom. The number of halogens is 3. The lowest BCUT2D eigenvalue weighted by atomic mass is 10.1. The third kappa shape index (κ3) is 2.58. The fourth-order valence-electron chi connectivity index (χ4n) is 1.86. The number of aldehydes is 1. The number of hydrogen-bond acceptors (Lipinski definition) is 2. The van der Waals surface area contributed by atoms with Crippen molar-refractivity contribution in [3.05, 3.63) is 40.6 Å². The molecule has 0 amide bonds. The van der Waals surface area contributed by atoms with E-state index in [9.17, 15) is 13.6 Å². The highest BCUT2D eigenvalue weighted by Gasteiger charge is 2.24. The minimum atomic E-state index is -0.738. The molecule has 6 heteroatoms. The second-order valence-corrected chi connectivity index (χ2v) is 5.77. The topological polar surface area (TPSA) is 34.9 Å². The van der Waals surface area contributed by atoms with Gasteiger partial charge in [0.2, 0.25) is 0 Å². The van der Waals surface area contributed by atoms with Crippen LogP contribution in [0.3, 0.4) is 0 Å². The smallest absolute Gasteiger partial charge is 0.155 e. The standard InChI is InChI=1S/C14H13ClF2N2O/c1-14(2,3)19-13(15)11(7-20)12(18-19)8-4-9(16)6-10(17)5-8/h4-7H,1-3H3. The van der Waals surface area contributed by atoms with Crippen molar-refractivity contribution in [1.82, 2.24) is 9.78 Å². The summed E-state index contributed by atoms with van der Waals surface area (Å²) in [7, 11) is 0. The molecule has 0 fully saturated rings. The number of carbonyl (C=O) groups excluding carboxylic acids is 1. The molecule has 106 valence electrons. The molecule has 0 saturated heterocycles. The summed E-state index contributed by atoms with van der Waals surface area (Å²) < 4.78 is 28.0. The summed E-state index contributed by atoms with van der Waals surface area (Å²) >= 11 is 6.13. The molecular formula is C14H13ClF2N2O. The van der Waals surface area contributed by atoms with E-state index >= 15 is 0 Å². The third-order valence-electron chi connectivity index (χ3n) is 2.75. The summed E-state index contributed by atoms with van der Waals surface area (Å²) in [5.74, 6) is -1.48. The van der Waals surface area contributed by atoms with Crippen LogP contribution in [-0.4, -0.2) is 16.1 Å². The van der Waals surface area contributed by atoms with Gasteiger partial charge in [-0.15, -0.1) is 0 Å². The number of rotatable bonds is 2. The van der Waals surface area contributed by atoms with Gasteiger partial charge >= 0.3 is 0 Å². The van der Waals surface area contributed by atoms with E-state index < -0.39 is 17.2 Å². The molecule has 0 bridgehead atoms. The second-order valence-electron chi connectivity index (χ2n) is 5.41. The van der Waals surface area contributed by atoms with E-state index in [1.807, 2.05) is 20.8 Å². The zero-order valence-electron chi connectivity index (χ0n) is 11.2. The minimum absolute atomic E-state index is 0.117. The van der Waals surface area contributed by atoms with Crippen LogP contribution in [0, 0.1) is 11.6 Å². The molecule has 1 aromatic carbocycles. The average Bonchev–Trinajstić information content (AvgIpc) is 2.64. The quantitative estimate of drug-likeness (QED) is 0.784. The maximum atomic E-state index is 13.3. The molecule has 0 unspecified atom stereocenters. The predicted octanol–water partition coefficient (Wildman–Crippen LogP) is 4.05.